The number of furan rings is 1. The van der Waals surface area contributed by atoms with Crippen molar-refractivity contribution in [2.24, 2.45) is 0 Å². The van der Waals surface area contributed by atoms with Gasteiger partial charge in [-0.3, -0.25) is 9.59 Å². The number of aryl methyl sites for hydroxylation is 2. The summed E-state index contributed by atoms with van der Waals surface area (Å²) in [5, 5.41) is 9.31. The maximum Gasteiger partial charge on any atom is 0.268 e. The maximum absolute atomic E-state index is 12.9. The molecular formula is C25H22N4O4. The Morgan fingerprint density at radius 3 is 2.55 bits per heavy atom. The molecule has 0 aliphatic carbocycles. The molecule has 8 nitrogen and oxygen atoms in total. The van der Waals surface area contributed by atoms with Crippen LogP contribution in [0.25, 0.3) is 17.5 Å². The van der Waals surface area contributed by atoms with Crippen LogP contribution in [-0.4, -0.2) is 22.0 Å². The lowest BCUT2D eigenvalue weighted by Gasteiger charge is -2.10. The van der Waals surface area contributed by atoms with Crippen LogP contribution in [0.4, 0.5) is 0 Å². The van der Waals surface area contributed by atoms with Crippen molar-refractivity contribution >= 4 is 17.9 Å². The Kier molecular flexibility index (Phi) is 6.45. The number of aromatic nitrogens is 2. The minimum absolute atomic E-state index is 0.00640. The number of nitrogens with zero attached hydrogens (tertiary/aromatic N) is 2. The lowest BCUT2D eigenvalue weighted by atomic mass is 10.1. The first-order valence-corrected chi connectivity index (χ1v) is 10.3. The fourth-order valence-corrected chi connectivity index (χ4v) is 3.05. The fourth-order valence-electron chi connectivity index (χ4n) is 3.05. The Balaban J connectivity index is 1.46. The number of nitrogens with one attached hydrogen (secondary N) is 2. The van der Waals surface area contributed by atoms with Crippen LogP contribution in [0.3, 0.4) is 0 Å². The molecule has 166 valence electrons. The van der Waals surface area contributed by atoms with Crippen molar-refractivity contribution in [3.63, 3.8) is 0 Å². The summed E-state index contributed by atoms with van der Waals surface area (Å²) in [6, 6.07) is 18.1. The Morgan fingerprint density at radius 2 is 1.82 bits per heavy atom. The van der Waals surface area contributed by atoms with E-state index in [-0.39, 0.29) is 18.1 Å². The number of benzene rings is 2. The van der Waals surface area contributed by atoms with E-state index in [0.29, 0.717) is 17.1 Å². The third-order valence-electron chi connectivity index (χ3n) is 4.78. The molecule has 2 N–H and O–H groups in total. The molecular weight excluding hydrogens is 420 g/mol. The summed E-state index contributed by atoms with van der Waals surface area (Å²) >= 11 is 0. The monoisotopic (exact) mass is 442 g/mol. The summed E-state index contributed by atoms with van der Waals surface area (Å²) in [7, 11) is 0. The molecule has 2 amide bonds. The Labute approximate surface area is 190 Å². The molecule has 4 aromatic rings. The second-order valence-corrected chi connectivity index (χ2v) is 7.46. The molecule has 0 aliphatic heterocycles. The topological polar surface area (TPSA) is 110 Å². The fraction of sp³-hybridized carbons (Fsp3) is 0.120. The van der Waals surface area contributed by atoms with E-state index >= 15 is 0 Å². The Hall–Kier alpha value is -4.46. The van der Waals surface area contributed by atoms with Gasteiger partial charge in [-0.2, -0.15) is 4.98 Å². The second-order valence-electron chi connectivity index (χ2n) is 7.46. The van der Waals surface area contributed by atoms with Crippen molar-refractivity contribution in [3.8, 4) is 11.4 Å². The Morgan fingerprint density at radius 1 is 1.00 bits per heavy atom. The molecule has 2 aromatic heterocycles. The summed E-state index contributed by atoms with van der Waals surface area (Å²) < 4.78 is 10.5. The first-order valence-electron chi connectivity index (χ1n) is 10.3. The summed E-state index contributed by atoms with van der Waals surface area (Å²) in [6.07, 6.45) is 2.93. The molecule has 0 saturated heterocycles. The van der Waals surface area contributed by atoms with Crippen LogP contribution in [0.1, 0.15) is 33.1 Å². The van der Waals surface area contributed by atoms with Gasteiger partial charge in [0.05, 0.1) is 12.8 Å². The van der Waals surface area contributed by atoms with E-state index in [9.17, 15) is 9.59 Å². The lowest BCUT2D eigenvalue weighted by molar-refractivity contribution is -0.118. The van der Waals surface area contributed by atoms with Crippen LogP contribution in [-0.2, 0) is 11.3 Å². The number of hydrogen-bond donors (Lipinski definition) is 2. The predicted molar refractivity (Wildman–Crippen MR) is 122 cm³/mol. The molecule has 33 heavy (non-hydrogen) atoms. The molecule has 0 atom stereocenters. The van der Waals surface area contributed by atoms with Gasteiger partial charge in [0.25, 0.3) is 11.8 Å². The van der Waals surface area contributed by atoms with E-state index in [4.69, 9.17) is 8.94 Å². The normalized spacial score (nSPS) is 11.3. The highest BCUT2D eigenvalue weighted by molar-refractivity contribution is 6.05. The highest BCUT2D eigenvalue weighted by atomic mass is 16.5. The average Bonchev–Trinajstić information content (AvgIpc) is 3.50. The van der Waals surface area contributed by atoms with Crippen LogP contribution in [0.2, 0.25) is 0 Å². The maximum atomic E-state index is 12.9. The van der Waals surface area contributed by atoms with Crippen molar-refractivity contribution in [3.05, 3.63) is 101 Å². The van der Waals surface area contributed by atoms with Crippen molar-refractivity contribution in [1.29, 1.82) is 0 Å². The molecule has 8 heteroatoms. The highest BCUT2D eigenvalue weighted by Crippen LogP contribution is 2.17. The third kappa shape index (κ3) is 5.62. The zero-order valence-corrected chi connectivity index (χ0v) is 18.2. The van der Waals surface area contributed by atoms with E-state index in [1.807, 2.05) is 50.2 Å². The van der Waals surface area contributed by atoms with Gasteiger partial charge in [0.2, 0.25) is 11.7 Å². The number of carbonyl (C=O) groups is 2. The van der Waals surface area contributed by atoms with Gasteiger partial charge in [-0.05, 0) is 44.2 Å². The van der Waals surface area contributed by atoms with Crippen LogP contribution in [0.5, 0.6) is 0 Å². The Bertz CT molecular complexity index is 1290. The minimum atomic E-state index is -0.526. The van der Waals surface area contributed by atoms with E-state index in [1.165, 1.54) is 12.3 Å². The van der Waals surface area contributed by atoms with Gasteiger partial charge in [0.1, 0.15) is 11.5 Å². The van der Waals surface area contributed by atoms with Gasteiger partial charge in [-0.1, -0.05) is 46.6 Å². The molecule has 0 saturated carbocycles. The molecule has 0 spiro atoms. The van der Waals surface area contributed by atoms with E-state index < -0.39 is 11.8 Å². The molecule has 0 radical (unpaired) electrons. The first-order chi connectivity index (χ1) is 16.0. The predicted octanol–water partition coefficient (Wildman–Crippen LogP) is 4.03. The number of rotatable bonds is 7. The number of carbonyl (C=O) groups excluding carboxylic acids is 2. The van der Waals surface area contributed by atoms with Crippen molar-refractivity contribution in [1.82, 2.24) is 20.8 Å². The van der Waals surface area contributed by atoms with Crippen molar-refractivity contribution < 1.29 is 18.5 Å². The van der Waals surface area contributed by atoms with Crippen molar-refractivity contribution in [2.75, 3.05) is 0 Å². The van der Waals surface area contributed by atoms with Crippen LogP contribution in [0, 0.1) is 13.8 Å². The minimum Gasteiger partial charge on any atom is -0.465 e. The van der Waals surface area contributed by atoms with Crippen LogP contribution in [0.15, 0.2) is 81.6 Å². The lowest BCUT2D eigenvalue weighted by Crippen LogP contribution is -2.34. The summed E-state index contributed by atoms with van der Waals surface area (Å²) in [5.74, 6) is 0.151. The second kappa shape index (κ2) is 9.78. The first kappa shape index (κ1) is 21.8. The number of amides is 2. The summed E-state index contributed by atoms with van der Waals surface area (Å²) in [6.45, 7) is 3.90. The molecule has 4 rings (SSSR count). The zero-order valence-electron chi connectivity index (χ0n) is 18.2. The van der Waals surface area contributed by atoms with Crippen molar-refractivity contribution in [2.45, 2.75) is 20.4 Å². The molecule has 2 aromatic carbocycles. The van der Waals surface area contributed by atoms with E-state index in [1.54, 1.807) is 24.3 Å². The zero-order chi connectivity index (χ0) is 23.2. The molecule has 0 fully saturated rings. The third-order valence-corrected chi connectivity index (χ3v) is 4.78. The van der Waals surface area contributed by atoms with E-state index in [0.717, 1.165) is 16.7 Å². The van der Waals surface area contributed by atoms with E-state index in [2.05, 4.69) is 20.8 Å². The average molecular weight is 442 g/mol. The van der Waals surface area contributed by atoms with Gasteiger partial charge >= 0.3 is 0 Å². The van der Waals surface area contributed by atoms with Gasteiger partial charge < -0.3 is 19.6 Å². The SMILES string of the molecule is Cc1ccc(C(=O)N/C(=C\c2ccco2)C(=O)NCc2nc(-c3cccc(C)c3)no2)cc1. The summed E-state index contributed by atoms with van der Waals surface area (Å²) in [4.78, 5) is 29.8. The smallest absolute Gasteiger partial charge is 0.268 e. The standard InChI is InChI=1S/C25H22N4O4/c1-16-8-10-18(11-9-16)24(30)27-21(14-20-7-4-12-32-20)25(31)26-15-22-28-23(29-33-22)19-6-3-5-17(2)13-19/h3-14H,15H2,1-2H3,(H,26,31)(H,27,30)/b21-14-. The quantitative estimate of drug-likeness (QED) is 0.418. The van der Waals surface area contributed by atoms with Gasteiger partial charge in [0, 0.05) is 17.2 Å². The largest absolute Gasteiger partial charge is 0.465 e. The van der Waals surface area contributed by atoms with Crippen LogP contribution >= 0.6 is 0 Å². The molecule has 0 aliphatic rings. The van der Waals surface area contributed by atoms with Gasteiger partial charge in [-0.25, -0.2) is 0 Å². The summed E-state index contributed by atoms with van der Waals surface area (Å²) in [5.41, 5.74) is 3.37. The van der Waals surface area contributed by atoms with Gasteiger partial charge in [-0.15, -0.1) is 0 Å². The van der Waals surface area contributed by atoms with Gasteiger partial charge in [0.15, 0.2) is 0 Å². The number of hydrogen-bond acceptors (Lipinski definition) is 6. The highest BCUT2D eigenvalue weighted by Gasteiger charge is 2.17. The van der Waals surface area contributed by atoms with Crippen LogP contribution < -0.4 is 10.6 Å². The molecule has 2 heterocycles. The molecule has 0 bridgehead atoms. The molecule has 0 unspecified atom stereocenters.